The predicted molar refractivity (Wildman–Crippen MR) is 135 cm³/mol. The van der Waals surface area contributed by atoms with Gasteiger partial charge in [-0.2, -0.15) is 0 Å². The zero-order valence-corrected chi connectivity index (χ0v) is 21.6. The van der Waals surface area contributed by atoms with Gasteiger partial charge in [-0.1, -0.05) is 11.6 Å². The molecule has 0 aliphatic carbocycles. The van der Waals surface area contributed by atoms with Gasteiger partial charge in [0.15, 0.2) is 0 Å². The van der Waals surface area contributed by atoms with Crippen LogP contribution in [0.25, 0.3) is 0 Å². The number of halogens is 3. The van der Waals surface area contributed by atoms with Gasteiger partial charge < -0.3 is 30.9 Å². The largest absolute Gasteiger partial charge is 0.370 e. The smallest absolute Gasteiger partial charge is 0.315 e. The summed E-state index contributed by atoms with van der Waals surface area (Å²) in [5, 5.41) is 10.1. The molecule has 3 rings (SSSR count). The van der Waals surface area contributed by atoms with E-state index in [0.717, 1.165) is 17.4 Å². The molecule has 37 heavy (non-hydrogen) atoms. The van der Waals surface area contributed by atoms with Crippen LogP contribution in [0.4, 0.5) is 25.0 Å². The minimum atomic E-state index is -2.93. The fraction of sp³-hybridized carbons (Fsp3) is 0.391. The summed E-state index contributed by atoms with van der Waals surface area (Å²) in [5.41, 5.74) is -0.399. The van der Waals surface area contributed by atoms with Gasteiger partial charge in [-0.05, 0) is 44.2 Å². The second-order valence-corrected chi connectivity index (χ2v) is 10.0. The van der Waals surface area contributed by atoms with Crippen LogP contribution in [0.2, 0.25) is 4.34 Å². The van der Waals surface area contributed by atoms with Gasteiger partial charge in [0.05, 0.1) is 21.5 Å². The molecule has 14 heteroatoms. The Bertz CT molecular complexity index is 1160. The predicted octanol–water partition coefficient (Wildman–Crippen LogP) is 3.15. The second kappa shape index (κ2) is 12.8. The number of morpholine rings is 1. The van der Waals surface area contributed by atoms with E-state index in [1.807, 2.05) is 0 Å². The van der Waals surface area contributed by atoms with Gasteiger partial charge in [-0.15, -0.1) is 11.3 Å². The number of thiophene rings is 1. The van der Waals surface area contributed by atoms with Crippen LogP contribution in [0.3, 0.4) is 0 Å². The summed E-state index contributed by atoms with van der Waals surface area (Å²) in [5.74, 6) is -1.70. The van der Waals surface area contributed by atoms with Gasteiger partial charge in [-0.25, -0.2) is 13.6 Å². The van der Waals surface area contributed by atoms with E-state index in [0.29, 0.717) is 9.21 Å². The summed E-state index contributed by atoms with van der Waals surface area (Å²) in [4.78, 5) is 51.3. The van der Waals surface area contributed by atoms with Gasteiger partial charge in [0.25, 0.3) is 18.2 Å². The van der Waals surface area contributed by atoms with Crippen molar-refractivity contribution in [3.05, 3.63) is 45.1 Å². The first kappa shape index (κ1) is 28.3. The number of alkyl halides is 2. The number of nitrogens with zero attached hydrogens (tertiary/aromatic N) is 1. The maximum atomic E-state index is 13.8. The number of hydrogen-bond donors (Lipinski definition) is 4. The Balaban J connectivity index is 1.76. The molecule has 1 aromatic carbocycles. The Labute approximate surface area is 220 Å². The number of urea groups is 1. The molecule has 1 aliphatic heterocycles. The van der Waals surface area contributed by atoms with Crippen LogP contribution in [0, 0.1) is 0 Å². The lowest BCUT2D eigenvalue weighted by Gasteiger charge is -2.29. The van der Waals surface area contributed by atoms with E-state index in [2.05, 4.69) is 21.3 Å². The van der Waals surface area contributed by atoms with Gasteiger partial charge >= 0.3 is 6.03 Å². The molecule has 1 aliphatic rings. The van der Waals surface area contributed by atoms with Crippen LogP contribution >= 0.6 is 22.9 Å². The number of rotatable bonds is 9. The zero-order chi connectivity index (χ0) is 27.1. The van der Waals surface area contributed by atoms with Gasteiger partial charge in [-0.3, -0.25) is 14.4 Å². The summed E-state index contributed by atoms with van der Waals surface area (Å²) in [6.07, 6.45) is -2.93. The fourth-order valence-electron chi connectivity index (χ4n) is 3.44. The molecule has 1 atom stereocenters. The minimum absolute atomic E-state index is 0.0224. The van der Waals surface area contributed by atoms with Crippen LogP contribution in [0.15, 0.2) is 30.3 Å². The van der Waals surface area contributed by atoms with Gasteiger partial charge in [0.2, 0.25) is 5.91 Å². The maximum Gasteiger partial charge on any atom is 0.315 e. The third-order valence-electron chi connectivity index (χ3n) is 5.11. The van der Waals surface area contributed by atoms with Gasteiger partial charge in [0.1, 0.15) is 12.6 Å². The van der Waals surface area contributed by atoms with E-state index in [-0.39, 0.29) is 43.7 Å². The standard InChI is InChI=1S/C23H26ClF2N5O5S/c1-12(2)28-23(35)30-15(10-27-22(34)17-5-6-18(24)37-17)21(33)29-13-3-4-16(14(9-13)20(25)26)31-7-8-36-11-19(31)32/h3-6,9,12,15,20H,7-8,10-11H2,1-2H3,(H,27,34)(H,29,33)(H2,28,30,35)/t15-/m0/s1. The van der Waals surface area contributed by atoms with E-state index < -0.39 is 41.8 Å². The first-order valence-electron chi connectivity index (χ1n) is 11.3. The van der Waals surface area contributed by atoms with Crippen LogP contribution in [0.1, 0.15) is 35.5 Å². The SMILES string of the molecule is CC(C)NC(=O)N[C@@H](CNC(=O)c1ccc(Cl)s1)C(=O)Nc1ccc(N2CCOCC2=O)c(C(F)F)c1. The Morgan fingerprint density at radius 1 is 1.16 bits per heavy atom. The molecule has 2 aromatic rings. The van der Waals surface area contributed by atoms with Crippen molar-refractivity contribution < 1.29 is 32.7 Å². The number of hydrogen-bond acceptors (Lipinski definition) is 6. The minimum Gasteiger partial charge on any atom is -0.370 e. The highest BCUT2D eigenvalue weighted by Crippen LogP contribution is 2.33. The van der Waals surface area contributed by atoms with Crippen molar-refractivity contribution >= 4 is 58.1 Å². The topological polar surface area (TPSA) is 129 Å². The Hall–Kier alpha value is -3.29. The number of amides is 5. The second-order valence-electron chi connectivity index (χ2n) is 8.30. The zero-order valence-electron chi connectivity index (χ0n) is 20.0. The lowest BCUT2D eigenvalue weighted by atomic mass is 10.1. The number of carbonyl (C=O) groups is 4. The van der Waals surface area contributed by atoms with Crippen LogP contribution < -0.4 is 26.2 Å². The van der Waals surface area contributed by atoms with Crippen molar-refractivity contribution in [2.45, 2.75) is 32.4 Å². The summed E-state index contributed by atoms with van der Waals surface area (Å²) in [6.45, 7) is 3.29. The van der Waals surface area contributed by atoms with Crippen LogP contribution in [0.5, 0.6) is 0 Å². The lowest BCUT2D eigenvalue weighted by molar-refractivity contribution is -0.125. The van der Waals surface area contributed by atoms with Crippen LogP contribution in [-0.2, 0) is 14.3 Å². The van der Waals surface area contributed by atoms with E-state index in [9.17, 15) is 28.0 Å². The highest BCUT2D eigenvalue weighted by Gasteiger charge is 2.27. The third-order valence-corrected chi connectivity index (χ3v) is 6.34. The van der Waals surface area contributed by atoms with Crippen molar-refractivity contribution in [3.8, 4) is 0 Å². The normalized spacial score (nSPS) is 14.5. The molecule has 0 unspecified atom stereocenters. The van der Waals surface area contributed by atoms with Gasteiger partial charge in [0, 0.05) is 30.4 Å². The van der Waals surface area contributed by atoms with Crippen LogP contribution in [-0.4, -0.2) is 62.1 Å². The molecule has 0 bridgehead atoms. The van der Waals surface area contributed by atoms with Crippen molar-refractivity contribution in [2.75, 3.05) is 36.5 Å². The monoisotopic (exact) mass is 557 g/mol. The molecule has 1 aromatic heterocycles. The third kappa shape index (κ3) is 7.84. The molecule has 0 saturated carbocycles. The molecule has 1 fully saturated rings. The molecule has 0 spiro atoms. The molecule has 2 heterocycles. The molecule has 4 N–H and O–H groups in total. The Kier molecular flexibility index (Phi) is 9.78. The average Bonchev–Trinajstić information content (AvgIpc) is 3.27. The van der Waals surface area contributed by atoms with Crippen molar-refractivity contribution in [3.63, 3.8) is 0 Å². The quantitative estimate of drug-likeness (QED) is 0.376. The van der Waals surface area contributed by atoms with Crippen molar-refractivity contribution in [1.82, 2.24) is 16.0 Å². The molecule has 1 saturated heterocycles. The number of anilines is 2. The number of nitrogens with one attached hydrogen (secondary N) is 4. The molecule has 0 radical (unpaired) electrons. The van der Waals surface area contributed by atoms with E-state index in [1.165, 1.54) is 23.1 Å². The molecular weight excluding hydrogens is 532 g/mol. The van der Waals surface area contributed by atoms with Crippen molar-refractivity contribution in [2.24, 2.45) is 0 Å². The molecule has 10 nitrogen and oxygen atoms in total. The van der Waals surface area contributed by atoms with E-state index >= 15 is 0 Å². The highest BCUT2D eigenvalue weighted by molar-refractivity contribution is 7.18. The molecule has 5 amide bonds. The number of ether oxygens (including phenoxy) is 1. The Morgan fingerprint density at radius 3 is 2.54 bits per heavy atom. The average molecular weight is 558 g/mol. The number of benzene rings is 1. The fourth-order valence-corrected chi connectivity index (χ4v) is 4.40. The van der Waals surface area contributed by atoms with Crippen molar-refractivity contribution in [1.29, 1.82) is 0 Å². The highest BCUT2D eigenvalue weighted by atomic mass is 35.5. The summed E-state index contributed by atoms with van der Waals surface area (Å²) in [7, 11) is 0. The summed E-state index contributed by atoms with van der Waals surface area (Å²) < 4.78 is 33.2. The Morgan fingerprint density at radius 2 is 1.92 bits per heavy atom. The summed E-state index contributed by atoms with van der Waals surface area (Å²) >= 11 is 6.90. The first-order valence-corrected chi connectivity index (χ1v) is 12.5. The molecular formula is C23H26ClF2N5O5S. The maximum absolute atomic E-state index is 13.8. The van der Waals surface area contributed by atoms with E-state index in [1.54, 1.807) is 19.9 Å². The summed E-state index contributed by atoms with van der Waals surface area (Å²) in [6, 6.07) is 4.70. The molecule has 200 valence electrons. The lowest BCUT2D eigenvalue weighted by Crippen LogP contribution is -2.54. The number of carbonyl (C=O) groups excluding carboxylic acids is 4. The van der Waals surface area contributed by atoms with E-state index in [4.69, 9.17) is 16.3 Å². The first-order chi connectivity index (χ1) is 17.5.